The predicted molar refractivity (Wildman–Crippen MR) is 80.4 cm³/mol. The molecule has 2 aromatic rings. The first kappa shape index (κ1) is 15.5. The van der Waals surface area contributed by atoms with Crippen molar-refractivity contribution in [2.45, 2.75) is 0 Å². The van der Waals surface area contributed by atoms with Crippen molar-refractivity contribution in [2.75, 3.05) is 19.0 Å². The van der Waals surface area contributed by atoms with Crippen molar-refractivity contribution in [2.24, 2.45) is 0 Å². The number of hydrogen-bond donors (Lipinski definition) is 2. The molecule has 114 valence electrons. The van der Waals surface area contributed by atoms with Gasteiger partial charge in [0.05, 0.1) is 19.3 Å². The average Bonchev–Trinajstić information content (AvgIpc) is 2.53. The highest BCUT2D eigenvalue weighted by molar-refractivity contribution is 5.99. The van der Waals surface area contributed by atoms with Crippen LogP contribution < -0.4 is 15.4 Å². The zero-order valence-corrected chi connectivity index (χ0v) is 11.9. The smallest absolute Gasteiger partial charge is 0.251 e. The molecule has 0 aromatic heterocycles. The predicted octanol–water partition coefficient (Wildman–Crippen LogP) is 2.20. The van der Waals surface area contributed by atoms with Crippen molar-refractivity contribution < 1.29 is 18.7 Å². The van der Waals surface area contributed by atoms with Gasteiger partial charge in [0.2, 0.25) is 5.91 Å². The highest BCUT2D eigenvalue weighted by Gasteiger charge is 2.11. The summed E-state index contributed by atoms with van der Waals surface area (Å²) in [5.41, 5.74) is 0.667. The molecule has 0 saturated carbocycles. The molecule has 0 spiro atoms. The summed E-state index contributed by atoms with van der Waals surface area (Å²) < 4.78 is 18.2. The Bertz CT molecular complexity index is 674. The molecule has 6 heteroatoms. The van der Waals surface area contributed by atoms with Crippen molar-refractivity contribution in [1.29, 1.82) is 0 Å². The van der Waals surface area contributed by atoms with E-state index in [1.54, 1.807) is 30.3 Å². The number of methoxy groups -OCH3 is 1. The van der Waals surface area contributed by atoms with Crippen molar-refractivity contribution in [3.05, 3.63) is 59.9 Å². The summed E-state index contributed by atoms with van der Waals surface area (Å²) in [6, 6.07) is 12.3. The molecular formula is C16H15FN2O3. The molecule has 2 N–H and O–H groups in total. The van der Waals surface area contributed by atoms with Crippen molar-refractivity contribution in [1.82, 2.24) is 5.32 Å². The maximum atomic E-state index is 13.2. The zero-order valence-electron chi connectivity index (χ0n) is 11.9. The molecule has 0 bridgehead atoms. The third-order valence-corrected chi connectivity index (χ3v) is 2.88. The van der Waals surface area contributed by atoms with Crippen molar-refractivity contribution in [3.63, 3.8) is 0 Å². The van der Waals surface area contributed by atoms with Gasteiger partial charge in [-0.1, -0.05) is 18.2 Å². The molecule has 2 aromatic carbocycles. The fourth-order valence-corrected chi connectivity index (χ4v) is 1.82. The lowest BCUT2D eigenvalue weighted by atomic mass is 10.2. The molecule has 0 aliphatic heterocycles. The van der Waals surface area contributed by atoms with E-state index in [0.717, 1.165) is 6.07 Å². The van der Waals surface area contributed by atoms with E-state index in [1.165, 1.54) is 19.2 Å². The van der Waals surface area contributed by atoms with Gasteiger partial charge in [0.1, 0.15) is 11.6 Å². The van der Waals surface area contributed by atoms with Gasteiger partial charge < -0.3 is 15.4 Å². The van der Waals surface area contributed by atoms with Crippen LogP contribution in [-0.2, 0) is 4.79 Å². The van der Waals surface area contributed by atoms with Crippen LogP contribution in [0.25, 0.3) is 0 Å². The third kappa shape index (κ3) is 4.05. The summed E-state index contributed by atoms with van der Waals surface area (Å²) in [4.78, 5) is 23.6. The minimum Gasteiger partial charge on any atom is -0.495 e. The molecular weight excluding hydrogens is 287 g/mol. The molecule has 0 unspecified atom stereocenters. The maximum absolute atomic E-state index is 13.2. The zero-order chi connectivity index (χ0) is 15.9. The highest BCUT2D eigenvalue weighted by atomic mass is 19.1. The van der Waals surface area contributed by atoms with Crippen LogP contribution in [0, 0.1) is 5.82 Å². The first-order chi connectivity index (χ1) is 10.6. The Morgan fingerprint density at radius 1 is 1.14 bits per heavy atom. The Labute approximate surface area is 127 Å². The number of rotatable bonds is 5. The minimum atomic E-state index is -0.496. The van der Waals surface area contributed by atoms with Crippen LogP contribution >= 0.6 is 0 Å². The number of anilines is 1. The summed E-state index contributed by atoms with van der Waals surface area (Å²) in [7, 11) is 1.42. The molecule has 0 aliphatic carbocycles. The number of carbonyl (C=O) groups excluding carboxylic acids is 2. The quantitative estimate of drug-likeness (QED) is 0.890. The molecule has 0 aliphatic rings. The number of halogens is 1. The Morgan fingerprint density at radius 2 is 1.86 bits per heavy atom. The van der Waals surface area contributed by atoms with Gasteiger partial charge in [-0.3, -0.25) is 9.59 Å². The summed E-state index contributed by atoms with van der Waals surface area (Å²) in [5, 5.41) is 4.98. The molecule has 0 heterocycles. The molecule has 0 radical (unpaired) electrons. The maximum Gasteiger partial charge on any atom is 0.251 e. The van der Waals surface area contributed by atoms with Crippen LogP contribution in [0.1, 0.15) is 10.4 Å². The van der Waals surface area contributed by atoms with Crippen LogP contribution in [0.5, 0.6) is 5.75 Å². The van der Waals surface area contributed by atoms with Gasteiger partial charge in [-0.2, -0.15) is 0 Å². The van der Waals surface area contributed by atoms with E-state index >= 15 is 0 Å². The first-order valence-corrected chi connectivity index (χ1v) is 6.57. The van der Waals surface area contributed by atoms with Gasteiger partial charge in [-0.05, 0) is 24.3 Å². The molecule has 0 fully saturated rings. The lowest BCUT2D eigenvalue weighted by Gasteiger charge is -2.10. The lowest BCUT2D eigenvalue weighted by Crippen LogP contribution is -2.32. The molecule has 2 rings (SSSR count). The SMILES string of the molecule is COc1ccc(F)cc1NC(=O)CNC(=O)c1ccccc1. The minimum absolute atomic E-state index is 0.210. The molecule has 0 saturated heterocycles. The van der Waals surface area contributed by atoms with Gasteiger partial charge in [-0.15, -0.1) is 0 Å². The van der Waals surface area contributed by atoms with E-state index in [1.807, 2.05) is 0 Å². The van der Waals surface area contributed by atoms with Crippen molar-refractivity contribution in [3.8, 4) is 5.75 Å². The van der Waals surface area contributed by atoms with Crippen molar-refractivity contribution >= 4 is 17.5 Å². The number of amides is 2. The summed E-state index contributed by atoms with van der Waals surface area (Å²) in [6.45, 7) is -0.229. The normalized spacial score (nSPS) is 9.91. The Morgan fingerprint density at radius 3 is 2.55 bits per heavy atom. The second-order valence-electron chi connectivity index (χ2n) is 4.44. The molecule has 22 heavy (non-hydrogen) atoms. The number of ether oxygens (including phenoxy) is 1. The second-order valence-corrected chi connectivity index (χ2v) is 4.44. The Hall–Kier alpha value is -2.89. The monoisotopic (exact) mass is 302 g/mol. The molecule has 5 nitrogen and oxygen atoms in total. The van der Waals surface area contributed by atoms with E-state index in [0.29, 0.717) is 11.3 Å². The first-order valence-electron chi connectivity index (χ1n) is 6.57. The number of hydrogen-bond acceptors (Lipinski definition) is 3. The van der Waals surface area contributed by atoms with E-state index < -0.39 is 11.7 Å². The van der Waals surface area contributed by atoms with E-state index in [4.69, 9.17) is 4.74 Å². The van der Waals surface area contributed by atoms with Gasteiger partial charge >= 0.3 is 0 Å². The molecule has 2 amide bonds. The number of benzene rings is 2. The fourth-order valence-electron chi connectivity index (χ4n) is 1.82. The van der Waals surface area contributed by atoms with Gasteiger partial charge in [0.15, 0.2) is 0 Å². The Balaban J connectivity index is 1.94. The average molecular weight is 302 g/mol. The van der Waals surface area contributed by atoms with Crippen LogP contribution in [0.2, 0.25) is 0 Å². The van der Waals surface area contributed by atoms with Crippen LogP contribution in [0.3, 0.4) is 0 Å². The van der Waals surface area contributed by atoms with Gasteiger partial charge in [0.25, 0.3) is 5.91 Å². The van der Waals surface area contributed by atoms with Gasteiger partial charge in [-0.25, -0.2) is 4.39 Å². The largest absolute Gasteiger partial charge is 0.495 e. The molecule has 0 atom stereocenters. The third-order valence-electron chi connectivity index (χ3n) is 2.88. The van der Waals surface area contributed by atoms with E-state index in [2.05, 4.69) is 10.6 Å². The number of carbonyl (C=O) groups is 2. The standard InChI is InChI=1S/C16H15FN2O3/c1-22-14-8-7-12(17)9-13(14)19-15(20)10-18-16(21)11-5-3-2-4-6-11/h2-9H,10H2,1H3,(H,18,21)(H,19,20). The van der Waals surface area contributed by atoms with Crippen LogP contribution in [-0.4, -0.2) is 25.5 Å². The summed E-state index contributed by atoms with van der Waals surface area (Å²) in [6.07, 6.45) is 0. The van der Waals surface area contributed by atoms with E-state index in [9.17, 15) is 14.0 Å². The van der Waals surface area contributed by atoms with Crippen LogP contribution in [0.15, 0.2) is 48.5 Å². The lowest BCUT2D eigenvalue weighted by molar-refractivity contribution is -0.115. The summed E-state index contributed by atoms with van der Waals surface area (Å²) >= 11 is 0. The fraction of sp³-hybridized carbons (Fsp3) is 0.125. The van der Waals surface area contributed by atoms with Gasteiger partial charge in [0, 0.05) is 11.6 Å². The second kappa shape index (κ2) is 7.21. The van der Waals surface area contributed by atoms with Crippen LogP contribution in [0.4, 0.5) is 10.1 Å². The number of nitrogens with one attached hydrogen (secondary N) is 2. The summed E-state index contributed by atoms with van der Waals surface area (Å²) in [5.74, 6) is -0.997. The highest BCUT2D eigenvalue weighted by Crippen LogP contribution is 2.24. The van der Waals surface area contributed by atoms with E-state index in [-0.39, 0.29) is 18.1 Å². The topological polar surface area (TPSA) is 67.4 Å². The Kier molecular flexibility index (Phi) is 5.08.